The largest absolute Gasteiger partial charge is 0.469 e. The fourth-order valence-electron chi connectivity index (χ4n) is 5.56. The maximum absolute atomic E-state index is 15.4. The molecule has 0 unspecified atom stereocenters. The van der Waals surface area contributed by atoms with Crippen LogP contribution < -0.4 is 5.32 Å². The fraction of sp³-hybridized carbons (Fsp3) is 0.355. The molecule has 0 aliphatic carbocycles. The third kappa shape index (κ3) is 6.58. The van der Waals surface area contributed by atoms with Crippen LogP contribution in [-0.2, 0) is 39.0 Å². The number of para-hydroxylation sites is 1. The molecule has 1 saturated heterocycles. The summed E-state index contributed by atoms with van der Waals surface area (Å²) in [5.41, 5.74) is 1.57. The molecule has 4 aromatic rings. The van der Waals surface area contributed by atoms with Gasteiger partial charge in [-0.25, -0.2) is 9.37 Å². The maximum atomic E-state index is 15.4. The summed E-state index contributed by atoms with van der Waals surface area (Å²) in [5.74, 6) is -1.64. The monoisotopic (exact) mass is 626 g/mol. The molecule has 0 saturated carbocycles. The van der Waals surface area contributed by atoms with Gasteiger partial charge in [-0.3, -0.25) is 14.4 Å². The minimum atomic E-state index is -0.649. The number of benzene rings is 2. The SMILES string of the molecule is COC[C@@H]1CC[C@@H](c2ncc(CCC(=O)OC)s2)N1C(=O)Cc1cc(Cl)c(NC(=O)c2cn(C)c3ccccc23)cc1F. The number of thiazole rings is 1. The number of carbonyl (C=O) groups excluding carboxylic acids is 3. The van der Waals surface area contributed by atoms with Crippen molar-refractivity contribution in [2.45, 2.75) is 44.2 Å². The highest BCUT2D eigenvalue weighted by Gasteiger charge is 2.39. The number of esters is 1. The number of aromatic nitrogens is 2. The number of anilines is 1. The van der Waals surface area contributed by atoms with Crippen molar-refractivity contribution in [3.63, 3.8) is 0 Å². The van der Waals surface area contributed by atoms with Gasteiger partial charge >= 0.3 is 5.97 Å². The highest BCUT2D eigenvalue weighted by molar-refractivity contribution is 7.11. The normalized spacial score (nSPS) is 16.5. The molecule has 1 N–H and O–H groups in total. The van der Waals surface area contributed by atoms with E-state index in [1.807, 2.05) is 35.9 Å². The summed E-state index contributed by atoms with van der Waals surface area (Å²) in [6, 6.07) is 9.54. The predicted molar refractivity (Wildman–Crippen MR) is 163 cm³/mol. The van der Waals surface area contributed by atoms with Crippen LogP contribution in [0.1, 0.15) is 51.1 Å². The highest BCUT2D eigenvalue weighted by atomic mass is 35.5. The molecule has 0 bridgehead atoms. The van der Waals surface area contributed by atoms with Crippen LogP contribution in [0.25, 0.3) is 10.9 Å². The molecule has 1 aliphatic heterocycles. The molecule has 3 heterocycles. The van der Waals surface area contributed by atoms with E-state index >= 15 is 4.39 Å². The second-order valence-electron chi connectivity index (χ2n) is 10.5. The first-order valence-electron chi connectivity index (χ1n) is 13.8. The van der Waals surface area contributed by atoms with Gasteiger partial charge in [0.25, 0.3) is 5.91 Å². The lowest BCUT2D eigenvalue weighted by Crippen LogP contribution is -2.40. The van der Waals surface area contributed by atoms with Crippen LogP contribution in [0.5, 0.6) is 0 Å². The highest BCUT2D eigenvalue weighted by Crippen LogP contribution is 2.39. The Balaban J connectivity index is 1.32. The van der Waals surface area contributed by atoms with Crippen LogP contribution >= 0.6 is 22.9 Å². The van der Waals surface area contributed by atoms with Crippen molar-refractivity contribution in [3.8, 4) is 0 Å². The molecule has 2 atom stereocenters. The van der Waals surface area contributed by atoms with Gasteiger partial charge in [-0.05, 0) is 43.0 Å². The molecule has 2 aromatic heterocycles. The Hall–Kier alpha value is -3.80. The summed E-state index contributed by atoms with van der Waals surface area (Å²) in [7, 11) is 4.78. The lowest BCUT2D eigenvalue weighted by Gasteiger charge is -2.29. The van der Waals surface area contributed by atoms with Crippen molar-refractivity contribution in [1.29, 1.82) is 0 Å². The quantitative estimate of drug-likeness (QED) is 0.226. The first kappa shape index (κ1) is 30.7. The zero-order chi connectivity index (χ0) is 30.7. The molecule has 2 aromatic carbocycles. The third-order valence-electron chi connectivity index (χ3n) is 7.68. The summed E-state index contributed by atoms with van der Waals surface area (Å²) < 4.78 is 27.3. The Morgan fingerprint density at radius 3 is 2.74 bits per heavy atom. The zero-order valence-electron chi connectivity index (χ0n) is 24.1. The van der Waals surface area contributed by atoms with E-state index in [-0.39, 0.29) is 53.1 Å². The summed E-state index contributed by atoms with van der Waals surface area (Å²) in [6.07, 6.45) is 5.36. The van der Waals surface area contributed by atoms with Crippen molar-refractivity contribution in [3.05, 3.63) is 80.6 Å². The number of nitrogens with one attached hydrogen (secondary N) is 1. The molecule has 0 radical (unpaired) electrons. The summed E-state index contributed by atoms with van der Waals surface area (Å²) >= 11 is 7.95. The average molecular weight is 627 g/mol. The molecular weight excluding hydrogens is 595 g/mol. The molecule has 1 fully saturated rings. The van der Waals surface area contributed by atoms with Gasteiger partial charge < -0.3 is 24.3 Å². The molecule has 9 nitrogen and oxygen atoms in total. The van der Waals surface area contributed by atoms with Gasteiger partial charge in [-0.1, -0.05) is 29.8 Å². The number of rotatable bonds is 10. The van der Waals surface area contributed by atoms with E-state index in [1.54, 1.807) is 24.4 Å². The van der Waals surface area contributed by atoms with Crippen LogP contribution in [0.2, 0.25) is 5.02 Å². The molecular formula is C31H32ClFN4O5S. The molecule has 0 spiro atoms. The van der Waals surface area contributed by atoms with Crippen molar-refractivity contribution < 1.29 is 28.2 Å². The number of likely N-dealkylation sites (tertiary alicyclic amines) is 1. The van der Waals surface area contributed by atoms with Gasteiger partial charge in [-0.15, -0.1) is 11.3 Å². The van der Waals surface area contributed by atoms with Gasteiger partial charge in [0.1, 0.15) is 10.8 Å². The first-order chi connectivity index (χ1) is 20.7. The Morgan fingerprint density at radius 2 is 1.98 bits per heavy atom. The van der Waals surface area contributed by atoms with Gasteiger partial charge in [0, 0.05) is 42.3 Å². The second-order valence-corrected chi connectivity index (χ2v) is 12.0. The third-order valence-corrected chi connectivity index (χ3v) is 9.15. The van der Waals surface area contributed by atoms with Crippen molar-refractivity contribution in [2.75, 3.05) is 26.1 Å². The molecule has 226 valence electrons. The van der Waals surface area contributed by atoms with Crippen molar-refractivity contribution in [1.82, 2.24) is 14.5 Å². The topological polar surface area (TPSA) is 103 Å². The molecule has 2 amide bonds. The van der Waals surface area contributed by atoms with Gasteiger partial charge in [0.15, 0.2) is 0 Å². The summed E-state index contributed by atoms with van der Waals surface area (Å²) in [5, 5.41) is 4.36. The minimum absolute atomic E-state index is 0.117. The molecule has 43 heavy (non-hydrogen) atoms. The lowest BCUT2D eigenvalue weighted by molar-refractivity contribution is -0.140. The van der Waals surface area contributed by atoms with Crippen LogP contribution in [0.4, 0.5) is 10.1 Å². The molecule has 5 rings (SSSR count). The number of methoxy groups -OCH3 is 2. The van der Waals surface area contributed by atoms with Gasteiger partial charge in [0.05, 0.1) is 54.9 Å². The number of amides is 2. The van der Waals surface area contributed by atoms with E-state index in [0.717, 1.165) is 26.9 Å². The number of nitrogens with zero attached hydrogens (tertiary/aromatic N) is 3. The maximum Gasteiger partial charge on any atom is 0.305 e. The standard InChI is InChI=1S/C31H32ClFN4O5S/c1-36-16-22(21-6-4-5-7-26(21)36)30(40)35-25-14-24(33)18(12-23(25)32)13-28(38)37-19(17-41-2)8-10-27(37)31-34-15-20(43-31)9-11-29(39)42-3/h4-7,12,14-16,19,27H,8-11,13,17H2,1-3H3,(H,35,40)/t19-,27-/m0/s1. The van der Waals surface area contributed by atoms with Crippen LogP contribution in [0.15, 0.2) is 48.8 Å². The summed E-state index contributed by atoms with van der Waals surface area (Å²) in [6.45, 7) is 0.338. The Morgan fingerprint density at radius 1 is 1.19 bits per heavy atom. The minimum Gasteiger partial charge on any atom is -0.469 e. The molecule has 1 aliphatic rings. The second kappa shape index (κ2) is 13.2. The smallest absolute Gasteiger partial charge is 0.305 e. The van der Waals surface area contributed by atoms with E-state index in [2.05, 4.69) is 10.3 Å². The number of carbonyl (C=O) groups is 3. The number of hydrogen-bond donors (Lipinski definition) is 1. The van der Waals surface area contributed by atoms with Crippen LogP contribution in [0.3, 0.4) is 0 Å². The van der Waals surface area contributed by atoms with E-state index in [9.17, 15) is 14.4 Å². The van der Waals surface area contributed by atoms with E-state index in [0.29, 0.717) is 31.4 Å². The zero-order valence-corrected chi connectivity index (χ0v) is 25.6. The predicted octanol–water partition coefficient (Wildman–Crippen LogP) is 5.71. The Kier molecular flexibility index (Phi) is 9.43. The lowest BCUT2D eigenvalue weighted by atomic mass is 10.1. The number of ether oxygens (including phenoxy) is 2. The fourth-order valence-corrected chi connectivity index (χ4v) is 6.85. The Bertz CT molecular complexity index is 1670. The van der Waals surface area contributed by atoms with E-state index in [1.165, 1.54) is 24.5 Å². The summed E-state index contributed by atoms with van der Waals surface area (Å²) in [4.78, 5) is 45.5. The van der Waals surface area contributed by atoms with E-state index < -0.39 is 11.7 Å². The van der Waals surface area contributed by atoms with E-state index in [4.69, 9.17) is 21.1 Å². The van der Waals surface area contributed by atoms with Crippen LogP contribution in [0, 0.1) is 5.82 Å². The van der Waals surface area contributed by atoms with Crippen molar-refractivity contribution in [2.24, 2.45) is 7.05 Å². The van der Waals surface area contributed by atoms with Gasteiger partial charge in [-0.2, -0.15) is 0 Å². The number of halogens is 2. The number of aryl methyl sites for hydroxylation is 2. The first-order valence-corrected chi connectivity index (χ1v) is 15.0. The van der Waals surface area contributed by atoms with Crippen molar-refractivity contribution >= 4 is 57.3 Å². The number of fused-ring (bicyclic) bond motifs is 1. The van der Waals surface area contributed by atoms with Crippen LogP contribution in [-0.4, -0.2) is 59.1 Å². The van der Waals surface area contributed by atoms with Gasteiger partial charge in [0.2, 0.25) is 5.91 Å². The molecule has 12 heteroatoms. The average Bonchev–Trinajstić information content (AvgIpc) is 3.72. The number of hydrogen-bond acceptors (Lipinski definition) is 7. The Labute approximate surface area is 257 Å².